The predicted molar refractivity (Wildman–Crippen MR) is 142 cm³/mol. The number of aryl methyl sites for hydroxylation is 1. The summed E-state index contributed by atoms with van der Waals surface area (Å²) in [6.07, 6.45) is 2.84. The van der Waals surface area contributed by atoms with Crippen LogP contribution in [0.15, 0.2) is 83.4 Å². The van der Waals surface area contributed by atoms with E-state index in [2.05, 4.69) is 15.0 Å². The standard InChI is InChI=1S/C26H23FN4O3S2/c1-16-15-19(10-11-20(16)30-36(2,32)33)31-25(24(29-26(31)35)21-5-3-4-14-28-21)23-13-12-22(34-23)17-6-8-18(27)9-7-17/h3-15,24-25,30H,1-2H3,(H,29,35)/t24-,25-/m1/s1. The van der Waals surface area contributed by atoms with Gasteiger partial charge in [-0.15, -0.1) is 0 Å². The molecule has 2 N–H and O–H groups in total. The average molecular weight is 523 g/mol. The van der Waals surface area contributed by atoms with Crippen LogP contribution in [0.25, 0.3) is 11.3 Å². The number of halogens is 1. The molecule has 1 saturated heterocycles. The van der Waals surface area contributed by atoms with Crippen molar-refractivity contribution >= 4 is 38.7 Å². The van der Waals surface area contributed by atoms with E-state index in [1.165, 1.54) is 12.1 Å². The molecule has 0 saturated carbocycles. The van der Waals surface area contributed by atoms with Gasteiger partial charge in [0.05, 0.1) is 23.7 Å². The molecular formula is C26H23FN4O3S2. The van der Waals surface area contributed by atoms with Crippen LogP contribution in [0.2, 0.25) is 0 Å². The van der Waals surface area contributed by atoms with Crippen LogP contribution in [0.1, 0.15) is 29.1 Å². The van der Waals surface area contributed by atoms with Gasteiger partial charge in [-0.25, -0.2) is 12.8 Å². The molecule has 0 radical (unpaired) electrons. The van der Waals surface area contributed by atoms with Gasteiger partial charge in [-0.05, 0) is 91.4 Å². The number of sulfonamides is 1. The minimum Gasteiger partial charge on any atom is -0.459 e. The van der Waals surface area contributed by atoms with Gasteiger partial charge in [-0.1, -0.05) is 6.07 Å². The third-order valence-electron chi connectivity index (χ3n) is 5.93. The van der Waals surface area contributed by atoms with Crippen LogP contribution >= 0.6 is 12.2 Å². The summed E-state index contributed by atoms with van der Waals surface area (Å²) in [6.45, 7) is 1.83. The Labute approximate surface area is 214 Å². The molecule has 3 heterocycles. The quantitative estimate of drug-likeness (QED) is 0.331. The fraction of sp³-hybridized carbons (Fsp3) is 0.154. The van der Waals surface area contributed by atoms with Gasteiger partial charge in [-0.2, -0.15) is 0 Å². The first-order valence-electron chi connectivity index (χ1n) is 11.1. The molecule has 1 fully saturated rings. The molecule has 184 valence electrons. The zero-order valence-corrected chi connectivity index (χ0v) is 21.1. The Bertz CT molecular complexity index is 1520. The van der Waals surface area contributed by atoms with E-state index in [-0.39, 0.29) is 17.9 Å². The van der Waals surface area contributed by atoms with E-state index < -0.39 is 10.0 Å². The third-order valence-corrected chi connectivity index (χ3v) is 6.83. The van der Waals surface area contributed by atoms with Crippen LogP contribution in [0.4, 0.5) is 15.8 Å². The second-order valence-electron chi connectivity index (χ2n) is 8.58. The highest BCUT2D eigenvalue weighted by molar-refractivity contribution is 7.92. The second-order valence-corrected chi connectivity index (χ2v) is 10.7. The smallest absolute Gasteiger partial charge is 0.229 e. The Morgan fingerprint density at radius 1 is 1.08 bits per heavy atom. The summed E-state index contributed by atoms with van der Waals surface area (Å²) in [5.41, 5.74) is 3.55. The topological polar surface area (TPSA) is 87.5 Å². The third kappa shape index (κ3) is 4.82. The summed E-state index contributed by atoms with van der Waals surface area (Å²) in [7, 11) is -3.42. The fourth-order valence-electron chi connectivity index (χ4n) is 4.31. The Kier molecular flexibility index (Phi) is 6.23. The number of pyridine rings is 1. The van der Waals surface area contributed by atoms with Crippen LogP contribution in [-0.4, -0.2) is 24.8 Å². The van der Waals surface area contributed by atoms with Gasteiger partial charge >= 0.3 is 0 Å². The van der Waals surface area contributed by atoms with Gasteiger partial charge in [0, 0.05) is 17.4 Å². The Hall–Kier alpha value is -3.76. The van der Waals surface area contributed by atoms with Crippen LogP contribution in [0.5, 0.6) is 0 Å². The van der Waals surface area contributed by atoms with Gasteiger partial charge < -0.3 is 14.6 Å². The summed E-state index contributed by atoms with van der Waals surface area (Å²) in [4.78, 5) is 6.48. The Morgan fingerprint density at radius 3 is 2.53 bits per heavy atom. The summed E-state index contributed by atoms with van der Waals surface area (Å²) in [5.74, 6) is 0.932. The molecule has 0 bridgehead atoms. The molecule has 10 heteroatoms. The molecule has 2 aromatic carbocycles. The molecule has 4 aromatic rings. The molecule has 7 nitrogen and oxygen atoms in total. The number of nitrogens with one attached hydrogen (secondary N) is 2. The van der Waals surface area contributed by atoms with Gasteiger partial charge in [-0.3, -0.25) is 9.71 Å². The minimum atomic E-state index is -3.42. The van der Waals surface area contributed by atoms with Crippen molar-refractivity contribution in [3.05, 3.63) is 102 Å². The lowest BCUT2D eigenvalue weighted by Gasteiger charge is -2.26. The second kappa shape index (κ2) is 9.36. The first kappa shape index (κ1) is 24.0. The van der Waals surface area contributed by atoms with Gasteiger partial charge in [0.2, 0.25) is 10.0 Å². The number of nitrogens with zero attached hydrogens (tertiary/aromatic N) is 2. The number of benzene rings is 2. The highest BCUT2D eigenvalue weighted by Gasteiger charge is 2.42. The number of anilines is 2. The van der Waals surface area contributed by atoms with Crippen molar-refractivity contribution in [1.82, 2.24) is 10.3 Å². The van der Waals surface area contributed by atoms with Crippen molar-refractivity contribution in [3.8, 4) is 11.3 Å². The van der Waals surface area contributed by atoms with Crippen LogP contribution in [-0.2, 0) is 10.0 Å². The maximum atomic E-state index is 13.4. The monoisotopic (exact) mass is 522 g/mol. The van der Waals surface area contributed by atoms with E-state index in [0.717, 1.165) is 28.8 Å². The Balaban J connectivity index is 1.57. The lowest BCUT2D eigenvalue weighted by molar-refractivity contribution is 0.439. The largest absolute Gasteiger partial charge is 0.459 e. The highest BCUT2D eigenvalue weighted by Crippen LogP contribution is 2.43. The molecule has 2 aromatic heterocycles. The van der Waals surface area contributed by atoms with E-state index in [1.54, 1.807) is 24.4 Å². The van der Waals surface area contributed by atoms with Crippen LogP contribution in [0, 0.1) is 12.7 Å². The van der Waals surface area contributed by atoms with E-state index >= 15 is 0 Å². The fourth-order valence-corrected chi connectivity index (χ4v) is 5.29. The van der Waals surface area contributed by atoms with Crippen molar-refractivity contribution < 1.29 is 17.2 Å². The molecule has 2 atom stereocenters. The van der Waals surface area contributed by atoms with E-state index in [1.807, 2.05) is 54.3 Å². The number of aromatic nitrogens is 1. The zero-order chi connectivity index (χ0) is 25.4. The number of thiocarbonyl (C=S) groups is 1. The molecule has 36 heavy (non-hydrogen) atoms. The van der Waals surface area contributed by atoms with Gasteiger partial charge in [0.1, 0.15) is 23.4 Å². The molecule has 1 aliphatic rings. The predicted octanol–water partition coefficient (Wildman–Crippen LogP) is 5.34. The maximum absolute atomic E-state index is 13.4. The average Bonchev–Trinajstić information content (AvgIpc) is 3.45. The first-order chi connectivity index (χ1) is 17.2. The van der Waals surface area contributed by atoms with Crippen molar-refractivity contribution in [1.29, 1.82) is 0 Å². The van der Waals surface area contributed by atoms with Gasteiger partial charge in [0.25, 0.3) is 0 Å². The molecular weight excluding hydrogens is 499 g/mol. The van der Waals surface area contributed by atoms with E-state index in [4.69, 9.17) is 16.6 Å². The van der Waals surface area contributed by atoms with Crippen LogP contribution < -0.4 is 14.9 Å². The number of rotatable bonds is 6. The molecule has 1 aliphatic heterocycles. The Morgan fingerprint density at radius 2 is 1.86 bits per heavy atom. The number of hydrogen-bond donors (Lipinski definition) is 2. The number of furan rings is 1. The van der Waals surface area contributed by atoms with E-state index in [0.29, 0.717) is 22.3 Å². The normalized spacial score (nSPS) is 17.8. The maximum Gasteiger partial charge on any atom is 0.229 e. The molecule has 0 amide bonds. The molecule has 5 rings (SSSR count). The number of hydrogen-bond acceptors (Lipinski definition) is 5. The van der Waals surface area contributed by atoms with Gasteiger partial charge in [0.15, 0.2) is 5.11 Å². The molecule has 0 spiro atoms. The minimum absolute atomic E-state index is 0.306. The van der Waals surface area contributed by atoms with E-state index in [9.17, 15) is 12.8 Å². The van der Waals surface area contributed by atoms with Crippen molar-refractivity contribution in [2.75, 3.05) is 15.9 Å². The summed E-state index contributed by atoms with van der Waals surface area (Å²) >= 11 is 5.75. The summed E-state index contributed by atoms with van der Waals surface area (Å²) in [6, 6.07) is 20.2. The molecule has 0 aliphatic carbocycles. The van der Waals surface area contributed by atoms with Crippen molar-refractivity contribution in [2.24, 2.45) is 0 Å². The van der Waals surface area contributed by atoms with Crippen molar-refractivity contribution in [2.45, 2.75) is 19.0 Å². The molecule has 0 unspecified atom stereocenters. The SMILES string of the molecule is Cc1cc(N2C(=S)N[C@H](c3ccccn3)[C@H]2c2ccc(-c3ccc(F)cc3)o2)ccc1NS(C)(=O)=O. The summed E-state index contributed by atoms with van der Waals surface area (Å²) in [5, 5.41) is 3.85. The lowest BCUT2D eigenvalue weighted by atomic mass is 10.0. The van der Waals surface area contributed by atoms with Crippen molar-refractivity contribution in [3.63, 3.8) is 0 Å². The summed E-state index contributed by atoms with van der Waals surface area (Å²) < 4.78 is 45.7. The van der Waals surface area contributed by atoms with Crippen LogP contribution in [0.3, 0.4) is 0 Å². The first-order valence-corrected chi connectivity index (χ1v) is 13.4. The zero-order valence-electron chi connectivity index (χ0n) is 19.5. The lowest BCUT2D eigenvalue weighted by Crippen LogP contribution is -2.29. The highest BCUT2D eigenvalue weighted by atomic mass is 32.2.